The lowest BCUT2D eigenvalue weighted by Crippen LogP contribution is -2.33. The highest BCUT2D eigenvalue weighted by atomic mass is 16.1. The monoisotopic (exact) mass is 297 g/mol. The zero-order valence-corrected chi connectivity index (χ0v) is 13.3. The average molecular weight is 297 g/mol. The molecule has 22 heavy (non-hydrogen) atoms. The maximum Gasteiger partial charge on any atom is 0.263 e. The van der Waals surface area contributed by atoms with Crippen molar-refractivity contribution < 1.29 is 4.79 Å². The number of anilines is 1. The van der Waals surface area contributed by atoms with Crippen LogP contribution >= 0.6 is 0 Å². The van der Waals surface area contributed by atoms with Gasteiger partial charge in [0.25, 0.3) is 5.91 Å². The molecule has 0 heterocycles. The van der Waals surface area contributed by atoms with Gasteiger partial charge in [-0.15, -0.1) is 0 Å². The summed E-state index contributed by atoms with van der Waals surface area (Å²) in [6.07, 6.45) is 6.74. The van der Waals surface area contributed by atoms with Crippen LogP contribution in [-0.2, 0) is 11.2 Å². The lowest BCUT2D eigenvalue weighted by Gasteiger charge is -2.13. The van der Waals surface area contributed by atoms with Gasteiger partial charge in [-0.3, -0.25) is 4.79 Å². The molecule has 0 saturated heterocycles. The fourth-order valence-corrected chi connectivity index (χ4v) is 2.86. The fraction of sp³-hybridized carbons (Fsp3) is 0.444. The lowest BCUT2D eigenvalue weighted by molar-refractivity contribution is -0.117. The maximum absolute atomic E-state index is 12.1. The molecule has 0 unspecified atom stereocenters. The molecular weight excluding hydrogens is 274 g/mol. The number of rotatable bonds is 5. The summed E-state index contributed by atoms with van der Waals surface area (Å²) in [5.41, 5.74) is 3.37. The Morgan fingerprint density at radius 3 is 2.77 bits per heavy atom. The Bertz CT molecular complexity index is 607. The molecule has 2 N–H and O–H groups in total. The molecule has 4 heteroatoms. The van der Waals surface area contributed by atoms with Crippen molar-refractivity contribution >= 4 is 11.6 Å². The van der Waals surface area contributed by atoms with Gasteiger partial charge in [0.2, 0.25) is 0 Å². The summed E-state index contributed by atoms with van der Waals surface area (Å²) in [4.78, 5) is 12.1. The molecule has 116 valence electrons. The number of nitrogens with one attached hydrogen (secondary N) is 2. The number of hydrogen-bond donors (Lipinski definition) is 2. The molecule has 1 fully saturated rings. The van der Waals surface area contributed by atoms with E-state index in [-0.39, 0.29) is 17.5 Å². The quantitative estimate of drug-likeness (QED) is 0.646. The van der Waals surface area contributed by atoms with Gasteiger partial charge in [0.15, 0.2) is 0 Å². The predicted octanol–water partition coefficient (Wildman–Crippen LogP) is 3.44. The van der Waals surface area contributed by atoms with Gasteiger partial charge in [-0.2, -0.15) is 5.26 Å². The Labute approximate surface area is 132 Å². The number of para-hydroxylation sites is 1. The Kier molecular flexibility index (Phi) is 5.60. The number of nitriles is 1. The number of hydrogen-bond acceptors (Lipinski definition) is 3. The van der Waals surface area contributed by atoms with E-state index < -0.39 is 0 Å². The summed E-state index contributed by atoms with van der Waals surface area (Å²) in [6.45, 7) is 4.10. The minimum atomic E-state index is -0.284. The summed E-state index contributed by atoms with van der Waals surface area (Å²) >= 11 is 0. The van der Waals surface area contributed by atoms with E-state index in [0.717, 1.165) is 43.4 Å². The van der Waals surface area contributed by atoms with Crippen LogP contribution in [0.25, 0.3) is 0 Å². The van der Waals surface area contributed by atoms with Crippen LogP contribution in [0.15, 0.2) is 30.0 Å². The van der Waals surface area contributed by atoms with Crippen LogP contribution in [0, 0.1) is 18.3 Å². The zero-order chi connectivity index (χ0) is 15.9. The summed E-state index contributed by atoms with van der Waals surface area (Å²) in [5.74, 6) is -0.284. The van der Waals surface area contributed by atoms with Gasteiger partial charge in [-0.1, -0.05) is 38.0 Å². The molecule has 0 aromatic heterocycles. The van der Waals surface area contributed by atoms with Crippen LogP contribution in [0.3, 0.4) is 0 Å². The SMILES string of the molecule is CCc1cccc(C)c1N/C=C(/C#N)C(=O)NC1CCCC1. The zero-order valence-electron chi connectivity index (χ0n) is 13.3. The van der Waals surface area contributed by atoms with Gasteiger partial charge in [-0.25, -0.2) is 0 Å². The standard InChI is InChI=1S/C18H23N3O/c1-3-14-8-6-7-13(2)17(14)20-12-15(11-19)18(22)21-16-9-4-5-10-16/h6-8,12,16,20H,3-5,9-10H2,1-2H3,(H,21,22)/b15-12-. The lowest BCUT2D eigenvalue weighted by atomic mass is 10.1. The van der Waals surface area contributed by atoms with Crippen LogP contribution in [0.4, 0.5) is 5.69 Å². The predicted molar refractivity (Wildman–Crippen MR) is 88.3 cm³/mol. The minimum Gasteiger partial charge on any atom is -0.360 e. The van der Waals surface area contributed by atoms with Gasteiger partial charge in [0.05, 0.1) is 0 Å². The Morgan fingerprint density at radius 2 is 2.14 bits per heavy atom. The molecule has 1 aliphatic rings. The Balaban J connectivity index is 2.09. The maximum atomic E-state index is 12.1. The first-order valence-electron chi connectivity index (χ1n) is 7.91. The van der Waals surface area contributed by atoms with Gasteiger partial charge in [0.1, 0.15) is 11.6 Å². The van der Waals surface area contributed by atoms with Crippen molar-refractivity contribution in [3.8, 4) is 6.07 Å². The van der Waals surface area contributed by atoms with Gasteiger partial charge >= 0.3 is 0 Å². The molecular formula is C18H23N3O. The third-order valence-electron chi connectivity index (χ3n) is 4.16. The first-order chi connectivity index (χ1) is 10.7. The second kappa shape index (κ2) is 7.65. The third kappa shape index (κ3) is 3.88. The molecule has 1 aromatic carbocycles. The first-order valence-corrected chi connectivity index (χ1v) is 7.91. The minimum absolute atomic E-state index is 0.122. The van der Waals surface area contributed by atoms with Gasteiger partial charge in [0, 0.05) is 17.9 Å². The van der Waals surface area contributed by atoms with E-state index in [1.54, 1.807) is 0 Å². The molecule has 4 nitrogen and oxygen atoms in total. The number of amides is 1. The number of aryl methyl sites for hydroxylation is 2. The summed E-state index contributed by atoms with van der Waals surface area (Å²) in [5, 5.41) is 15.3. The van der Waals surface area contributed by atoms with Crippen molar-refractivity contribution in [2.75, 3.05) is 5.32 Å². The average Bonchev–Trinajstić information content (AvgIpc) is 3.02. The molecule has 1 saturated carbocycles. The summed E-state index contributed by atoms with van der Waals surface area (Å²) in [6, 6.07) is 8.28. The third-order valence-corrected chi connectivity index (χ3v) is 4.16. The smallest absolute Gasteiger partial charge is 0.263 e. The molecule has 1 aliphatic carbocycles. The van der Waals surface area contributed by atoms with Crippen molar-refractivity contribution in [1.29, 1.82) is 5.26 Å². The Hall–Kier alpha value is -2.28. The van der Waals surface area contributed by atoms with E-state index in [0.29, 0.717) is 0 Å². The van der Waals surface area contributed by atoms with E-state index in [1.807, 2.05) is 31.2 Å². The Morgan fingerprint density at radius 1 is 1.41 bits per heavy atom. The molecule has 1 amide bonds. The van der Waals surface area contributed by atoms with Gasteiger partial charge in [-0.05, 0) is 37.3 Å². The highest BCUT2D eigenvalue weighted by Gasteiger charge is 2.19. The number of carbonyl (C=O) groups is 1. The van der Waals surface area contributed by atoms with Crippen molar-refractivity contribution in [2.24, 2.45) is 0 Å². The molecule has 0 aliphatic heterocycles. The van der Waals surface area contributed by atoms with Crippen LogP contribution in [0.5, 0.6) is 0 Å². The second-order valence-corrected chi connectivity index (χ2v) is 5.73. The van der Waals surface area contributed by atoms with E-state index in [4.69, 9.17) is 0 Å². The van der Waals surface area contributed by atoms with E-state index in [1.165, 1.54) is 11.8 Å². The number of benzene rings is 1. The van der Waals surface area contributed by atoms with E-state index in [9.17, 15) is 10.1 Å². The number of carbonyl (C=O) groups excluding carboxylic acids is 1. The van der Waals surface area contributed by atoms with Crippen LogP contribution < -0.4 is 10.6 Å². The molecule has 0 bridgehead atoms. The van der Waals surface area contributed by atoms with E-state index >= 15 is 0 Å². The van der Waals surface area contributed by atoms with Crippen LogP contribution in [0.2, 0.25) is 0 Å². The topological polar surface area (TPSA) is 64.9 Å². The van der Waals surface area contributed by atoms with Crippen molar-refractivity contribution in [3.05, 3.63) is 41.1 Å². The number of nitrogens with zero attached hydrogens (tertiary/aromatic N) is 1. The highest BCUT2D eigenvalue weighted by molar-refractivity contribution is 5.97. The first kappa shape index (κ1) is 16.1. The van der Waals surface area contributed by atoms with Crippen molar-refractivity contribution in [3.63, 3.8) is 0 Å². The fourth-order valence-electron chi connectivity index (χ4n) is 2.86. The van der Waals surface area contributed by atoms with Crippen LogP contribution in [0.1, 0.15) is 43.7 Å². The highest BCUT2D eigenvalue weighted by Crippen LogP contribution is 2.21. The van der Waals surface area contributed by atoms with E-state index in [2.05, 4.69) is 17.6 Å². The molecule has 0 radical (unpaired) electrons. The molecule has 1 aromatic rings. The summed E-state index contributed by atoms with van der Waals surface area (Å²) < 4.78 is 0. The van der Waals surface area contributed by atoms with Crippen molar-refractivity contribution in [1.82, 2.24) is 5.32 Å². The second-order valence-electron chi connectivity index (χ2n) is 5.73. The normalized spacial score (nSPS) is 15.4. The van der Waals surface area contributed by atoms with Crippen LogP contribution in [-0.4, -0.2) is 11.9 Å². The molecule has 2 rings (SSSR count). The molecule has 0 atom stereocenters. The molecule has 0 spiro atoms. The van der Waals surface area contributed by atoms with Crippen molar-refractivity contribution in [2.45, 2.75) is 52.0 Å². The summed E-state index contributed by atoms with van der Waals surface area (Å²) in [7, 11) is 0. The van der Waals surface area contributed by atoms with Gasteiger partial charge < -0.3 is 10.6 Å². The largest absolute Gasteiger partial charge is 0.360 e.